The molecule has 0 aliphatic heterocycles. The van der Waals surface area contributed by atoms with Gasteiger partial charge < -0.3 is 15.5 Å². The monoisotopic (exact) mass is 355 g/mol. The van der Waals surface area contributed by atoms with E-state index in [-0.39, 0.29) is 0 Å². The standard InChI is InChI=1S/C22H21N5/c1-27(2)18-13-14-20-19(15-18)21(23-16-9-5-3-6-10-16)26-22(25-20)24-17-11-7-4-8-12-17/h3-15H,1-2H3,(H2,23,24,25,26). The molecule has 1 heterocycles. The maximum Gasteiger partial charge on any atom is 0.229 e. The first kappa shape index (κ1) is 16.8. The number of hydrogen-bond acceptors (Lipinski definition) is 5. The molecule has 4 rings (SSSR count). The Labute approximate surface area is 158 Å². The van der Waals surface area contributed by atoms with E-state index in [9.17, 15) is 0 Å². The number of aromatic nitrogens is 2. The van der Waals surface area contributed by atoms with Crippen molar-refractivity contribution in [3.05, 3.63) is 78.9 Å². The number of anilines is 5. The van der Waals surface area contributed by atoms with Crippen molar-refractivity contribution in [2.24, 2.45) is 0 Å². The maximum absolute atomic E-state index is 4.74. The van der Waals surface area contributed by atoms with Gasteiger partial charge in [0.1, 0.15) is 5.82 Å². The number of fused-ring (bicyclic) bond motifs is 1. The summed E-state index contributed by atoms with van der Waals surface area (Å²) < 4.78 is 0. The van der Waals surface area contributed by atoms with Gasteiger partial charge in [-0.05, 0) is 42.5 Å². The Bertz CT molecular complexity index is 1050. The topological polar surface area (TPSA) is 53.1 Å². The van der Waals surface area contributed by atoms with Crippen LogP contribution in [0.15, 0.2) is 78.9 Å². The molecule has 0 saturated heterocycles. The van der Waals surface area contributed by atoms with Crippen molar-refractivity contribution in [3.8, 4) is 0 Å². The van der Waals surface area contributed by atoms with Crippen LogP contribution in [0.4, 0.5) is 28.8 Å². The highest BCUT2D eigenvalue weighted by molar-refractivity contribution is 5.94. The molecule has 0 fully saturated rings. The summed E-state index contributed by atoms with van der Waals surface area (Å²) in [7, 11) is 4.05. The lowest BCUT2D eigenvalue weighted by Crippen LogP contribution is -2.09. The Morgan fingerprint density at radius 2 is 1.33 bits per heavy atom. The van der Waals surface area contributed by atoms with Gasteiger partial charge in [0.2, 0.25) is 5.95 Å². The third-order valence-corrected chi connectivity index (χ3v) is 4.26. The van der Waals surface area contributed by atoms with Crippen LogP contribution in [0.3, 0.4) is 0 Å². The summed E-state index contributed by atoms with van der Waals surface area (Å²) in [6.07, 6.45) is 0. The molecule has 3 aromatic carbocycles. The molecule has 5 heteroatoms. The van der Waals surface area contributed by atoms with Gasteiger partial charge in [-0.15, -0.1) is 0 Å². The molecule has 2 N–H and O–H groups in total. The van der Waals surface area contributed by atoms with Crippen LogP contribution < -0.4 is 15.5 Å². The summed E-state index contributed by atoms with van der Waals surface area (Å²) in [5.41, 5.74) is 3.92. The molecule has 0 atom stereocenters. The van der Waals surface area contributed by atoms with Gasteiger partial charge in [-0.25, -0.2) is 4.98 Å². The molecule has 0 aliphatic rings. The van der Waals surface area contributed by atoms with Crippen molar-refractivity contribution >= 4 is 39.7 Å². The molecule has 134 valence electrons. The zero-order valence-electron chi connectivity index (χ0n) is 15.3. The van der Waals surface area contributed by atoms with Crippen LogP contribution in [0.25, 0.3) is 10.9 Å². The summed E-state index contributed by atoms with van der Waals surface area (Å²) >= 11 is 0. The second-order valence-corrected chi connectivity index (χ2v) is 6.47. The van der Waals surface area contributed by atoms with Crippen LogP contribution >= 0.6 is 0 Å². The smallest absolute Gasteiger partial charge is 0.229 e. The Balaban J connectivity index is 1.80. The van der Waals surface area contributed by atoms with Crippen molar-refractivity contribution < 1.29 is 0 Å². The average molecular weight is 355 g/mol. The summed E-state index contributed by atoms with van der Waals surface area (Å²) in [5, 5.41) is 7.69. The average Bonchev–Trinajstić information content (AvgIpc) is 2.69. The van der Waals surface area contributed by atoms with Crippen molar-refractivity contribution in [1.29, 1.82) is 0 Å². The first-order valence-corrected chi connectivity index (χ1v) is 8.82. The minimum atomic E-state index is 0.560. The fraction of sp³-hybridized carbons (Fsp3) is 0.0909. The van der Waals surface area contributed by atoms with E-state index in [4.69, 9.17) is 9.97 Å². The molecular formula is C22H21N5. The molecule has 0 bridgehead atoms. The summed E-state index contributed by atoms with van der Waals surface area (Å²) in [6, 6.07) is 26.2. The van der Waals surface area contributed by atoms with Crippen LogP contribution in [-0.4, -0.2) is 24.1 Å². The van der Waals surface area contributed by atoms with Crippen molar-refractivity contribution in [3.63, 3.8) is 0 Å². The minimum absolute atomic E-state index is 0.560. The summed E-state index contributed by atoms with van der Waals surface area (Å²) in [6.45, 7) is 0. The molecular weight excluding hydrogens is 334 g/mol. The highest BCUT2D eigenvalue weighted by Crippen LogP contribution is 2.29. The number of benzene rings is 3. The van der Waals surface area contributed by atoms with E-state index >= 15 is 0 Å². The number of para-hydroxylation sites is 2. The summed E-state index contributed by atoms with van der Waals surface area (Å²) in [4.78, 5) is 11.5. The molecule has 0 saturated carbocycles. The summed E-state index contributed by atoms with van der Waals surface area (Å²) in [5.74, 6) is 1.33. The van der Waals surface area contributed by atoms with E-state index in [1.54, 1.807) is 0 Å². The molecule has 0 radical (unpaired) electrons. The number of rotatable bonds is 5. The van der Waals surface area contributed by atoms with Gasteiger partial charge >= 0.3 is 0 Å². The first-order valence-electron chi connectivity index (χ1n) is 8.82. The van der Waals surface area contributed by atoms with Crippen molar-refractivity contribution in [2.75, 3.05) is 29.6 Å². The highest BCUT2D eigenvalue weighted by atomic mass is 15.1. The third-order valence-electron chi connectivity index (χ3n) is 4.26. The van der Waals surface area contributed by atoms with Crippen molar-refractivity contribution in [2.45, 2.75) is 0 Å². The quantitative estimate of drug-likeness (QED) is 0.516. The molecule has 0 amide bonds. The van der Waals surface area contributed by atoms with Crippen molar-refractivity contribution in [1.82, 2.24) is 9.97 Å². The molecule has 1 aromatic heterocycles. The van der Waals surface area contributed by atoms with E-state index in [1.807, 2.05) is 80.8 Å². The van der Waals surface area contributed by atoms with E-state index in [1.165, 1.54) is 0 Å². The predicted molar refractivity (Wildman–Crippen MR) is 113 cm³/mol. The first-order chi connectivity index (χ1) is 13.2. The second-order valence-electron chi connectivity index (χ2n) is 6.47. The van der Waals surface area contributed by atoms with Gasteiger partial charge in [-0.3, -0.25) is 0 Å². The van der Waals surface area contributed by atoms with E-state index in [2.05, 4.69) is 27.7 Å². The minimum Gasteiger partial charge on any atom is -0.378 e. The molecule has 4 aromatic rings. The molecule has 0 aliphatic carbocycles. The van der Waals surface area contributed by atoms with E-state index in [0.29, 0.717) is 5.95 Å². The fourth-order valence-corrected chi connectivity index (χ4v) is 2.85. The maximum atomic E-state index is 4.74. The lowest BCUT2D eigenvalue weighted by atomic mass is 10.2. The number of nitrogens with zero attached hydrogens (tertiary/aromatic N) is 3. The van der Waals surface area contributed by atoms with Crippen LogP contribution in [0, 0.1) is 0 Å². The zero-order valence-corrected chi connectivity index (χ0v) is 15.3. The predicted octanol–water partition coefficient (Wildman–Crippen LogP) is 5.18. The van der Waals surface area contributed by atoms with Gasteiger partial charge in [-0.1, -0.05) is 36.4 Å². The third kappa shape index (κ3) is 3.82. The lowest BCUT2D eigenvalue weighted by Gasteiger charge is -2.16. The van der Waals surface area contributed by atoms with Crippen LogP contribution in [0.2, 0.25) is 0 Å². The highest BCUT2D eigenvalue weighted by Gasteiger charge is 2.10. The van der Waals surface area contributed by atoms with Gasteiger partial charge in [0, 0.05) is 36.5 Å². The van der Waals surface area contributed by atoms with E-state index < -0.39 is 0 Å². The molecule has 0 spiro atoms. The lowest BCUT2D eigenvalue weighted by molar-refractivity contribution is 1.13. The Morgan fingerprint density at radius 1 is 0.704 bits per heavy atom. The number of nitrogens with one attached hydrogen (secondary N) is 2. The number of hydrogen-bond donors (Lipinski definition) is 2. The van der Waals surface area contributed by atoms with Gasteiger partial charge in [0.25, 0.3) is 0 Å². The van der Waals surface area contributed by atoms with Crippen LogP contribution in [0.1, 0.15) is 0 Å². The largest absolute Gasteiger partial charge is 0.378 e. The SMILES string of the molecule is CN(C)c1ccc2nc(Nc3ccccc3)nc(Nc3ccccc3)c2c1. The van der Waals surface area contributed by atoms with Gasteiger partial charge in [0.15, 0.2) is 0 Å². The Morgan fingerprint density at radius 3 is 1.96 bits per heavy atom. The van der Waals surface area contributed by atoms with Gasteiger partial charge in [0.05, 0.1) is 5.52 Å². The molecule has 5 nitrogen and oxygen atoms in total. The zero-order chi connectivity index (χ0) is 18.6. The van der Waals surface area contributed by atoms with Gasteiger partial charge in [-0.2, -0.15) is 4.98 Å². The molecule has 27 heavy (non-hydrogen) atoms. The normalized spacial score (nSPS) is 10.6. The fourth-order valence-electron chi connectivity index (χ4n) is 2.85. The Hall–Kier alpha value is -3.60. The van der Waals surface area contributed by atoms with E-state index in [0.717, 1.165) is 33.8 Å². The van der Waals surface area contributed by atoms with Crippen LogP contribution in [-0.2, 0) is 0 Å². The second kappa shape index (κ2) is 7.33. The Kier molecular flexibility index (Phi) is 4.58. The van der Waals surface area contributed by atoms with Crippen LogP contribution in [0.5, 0.6) is 0 Å². The molecule has 0 unspecified atom stereocenters.